The highest BCUT2D eigenvalue weighted by Gasteiger charge is 2.36. The Morgan fingerprint density at radius 1 is 0.974 bits per heavy atom. The number of hydrogen-bond donors (Lipinski definition) is 1. The molecule has 0 bridgehead atoms. The molecule has 1 N–H and O–H groups in total. The fourth-order valence-electron chi connectivity index (χ4n) is 4.60. The molecule has 9 heteroatoms. The zero-order chi connectivity index (χ0) is 27.7. The topological polar surface area (TPSA) is 94.2 Å². The maximum absolute atomic E-state index is 13.9. The van der Waals surface area contributed by atoms with Crippen molar-refractivity contribution in [3.63, 3.8) is 0 Å². The molecule has 1 atom stereocenters. The minimum absolute atomic E-state index is 0.0169. The number of carbonyl (C=O) groups excluding carboxylic acids is 1. The van der Waals surface area contributed by atoms with Crippen LogP contribution in [0.2, 0.25) is 0 Å². The highest BCUT2D eigenvalue weighted by molar-refractivity contribution is 7.92. The first-order valence-corrected chi connectivity index (χ1v) is 13.8. The summed E-state index contributed by atoms with van der Waals surface area (Å²) in [5.41, 5.74) is 2.77. The Hall–Kier alpha value is -3.72. The first-order valence-electron chi connectivity index (χ1n) is 12.3. The van der Waals surface area contributed by atoms with E-state index in [2.05, 4.69) is 5.32 Å². The molecule has 0 saturated heterocycles. The molecule has 3 aromatic carbocycles. The van der Waals surface area contributed by atoms with Crippen molar-refractivity contribution in [1.82, 2.24) is 5.32 Å². The quantitative estimate of drug-likeness (QED) is 0.437. The van der Waals surface area contributed by atoms with Crippen molar-refractivity contribution in [2.24, 2.45) is 0 Å². The maximum Gasteiger partial charge on any atom is 0.264 e. The molecule has 0 aromatic heterocycles. The average molecular weight is 539 g/mol. The predicted octanol–water partition coefficient (Wildman–Crippen LogP) is 4.93. The number of amides is 1. The van der Waals surface area contributed by atoms with Gasteiger partial charge in [0.2, 0.25) is 5.91 Å². The Bertz CT molecular complexity index is 1430. The molecule has 0 fully saturated rings. The number of rotatable bonds is 8. The summed E-state index contributed by atoms with van der Waals surface area (Å²) in [4.78, 5) is 13.4. The normalized spacial score (nSPS) is 16.1. The van der Waals surface area contributed by atoms with Gasteiger partial charge in [-0.05, 0) is 58.0 Å². The van der Waals surface area contributed by atoms with Crippen LogP contribution >= 0.6 is 0 Å². The first kappa shape index (κ1) is 27.3. The SMILES string of the molecule is COc1ccc(S(=O)(=O)N(CC(=O)NC2CC(C)(C)Oc3ccc(C)cc32)c2ccc(C)cc2)cc1OC. The van der Waals surface area contributed by atoms with Crippen molar-refractivity contribution < 1.29 is 27.4 Å². The molecule has 3 aromatic rings. The second-order valence-corrected chi connectivity index (χ2v) is 12.0. The molecule has 1 aliphatic heterocycles. The van der Waals surface area contributed by atoms with Gasteiger partial charge in [0.05, 0.1) is 30.8 Å². The largest absolute Gasteiger partial charge is 0.493 e. The number of methoxy groups -OCH3 is 2. The van der Waals surface area contributed by atoms with Crippen LogP contribution in [0.5, 0.6) is 17.2 Å². The third kappa shape index (κ3) is 5.72. The summed E-state index contributed by atoms with van der Waals surface area (Å²) in [7, 11) is -1.22. The fourth-order valence-corrected chi connectivity index (χ4v) is 6.04. The molecule has 0 spiro atoms. The number of nitrogens with one attached hydrogen (secondary N) is 1. The molecule has 0 aliphatic carbocycles. The number of hydrogen-bond acceptors (Lipinski definition) is 6. The summed E-state index contributed by atoms with van der Waals surface area (Å²) in [5.74, 6) is 0.968. The van der Waals surface area contributed by atoms with E-state index in [-0.39, 0.29) is 16.7 Å². The van der Waals surface area contributed by atoms with Gasteiger partial charge in [-0.1, -0.05) is 35.4 Å². The molecule has 1 amide bonds. The van der Waals surface area contributed by atoms with Crippen LogP contribution in [-0.4, -0.2) is 40.7 Å². The van der Waals surface area contributed by atoms with E-state index < -0.39 is 28.1 Å². The summed E-state index contributed by atoms with van der Waals surface area (Å²) in [6, 6.07) is 16.9. The van der Waals surface area contributed by atoms with E-state index in [1.807, 2.05) is 58.0 Å². The van der Waals surface area contributed by atoms with Crippen molar-refractivity contribution in [1.29, 1.82) is 0 Å². The summed E-state index contributed by atoms with van der Waals surface area (Å²) < 4.78 is 45.6. The molecule has 1 heterocycles. The molecule has 38 heavy (non-hydrogen) atoms. The van der Waals surface area contributed by atoms with E-state index in [1.54, 1.807) is 12.1 Å². The van der Waals surface area contributed by atoms with E-state index in [4.69, 9.17) is 14.2 Å². The van der Waals surface area contributed by atoms with Gasteiger partial charge in [0.15, 0.2) is 11.5 Å². The van der Waals surface area contributed by atoms with Crippen molar-refractivity contribution in [3.8, 4) is 17.2 Å². The monoisotopic (exact) mass is 538 g/mol. The molecule has 1 aliphatic rings. The number of anilines is 1. The number of benzene rings is 3. The lowest BCUT2D eigenvalue weighted by molar-refractivity contribution is -0.120. The van der Waals surface area contributed by atoms with Gasteiger partial charge < -0.3 is 19.5 Å². The van der Waals surface area contributed by atoms with Crippen LogP contribution in [0.15, 0.2) is 65.6 Å². The smallest absolute Gasteiger partial charge is 0.264 e. The molecule has 4 rings (SSSR count). The fraction of sp³-hybridized carbons (Fsp3) is 0.345. The second kappa shape index (κ2) is 10.6. The zero-order valence-corrected chi connectivity index (χ0v) is 23.4. The van der Waals surface area contributed by atoms with Gasteiger partial charge in [-0.25, -0.2) is 8.42 Å². The standard InChI is InChI=1S/C29H34N2O6S/c1-19-7-10-21(11-8-19)31(38(33,34)22-12-14-26(35-5)27(16-22)36-6)18-28(32)30-24-17-29(3,4)37-25-13-9-20(2)15-23(24)25/h7-16,24H,17-18H2,1-6H3,(H,30,32). The van der Waals surface area contributed by atoms with Crippen molar-refractivity contribution >= 4 is 21.6 Å². The van der Waals surface area contributed by atoms with Gasteiger partial charge >= 0.3 is 0 Å². The Morgan fingerprint density at radius 2 is 1.63 bits per heavy atom. The molecule has 202 valence electrons. The summed E-state index contributed by atoms with van der Waals surface area (Å²) >= 11 is 0. The lowest BCUT2D eigenvalue weighted by Gasteiger charge is -2.38. The minimum atomic E-state index is -4.14. The third-order valence-corrected chi connectivity index (χ3v) is 8.28. The van der Waals surface area contributed by atoms with Crippen LogP contribution in [-0.2, 0) is 14.8 Å². The third-order valence-electron chi connectivity index (χ3n) is 6.51. The van der Waals surface area contributed by atoms with Gasteiger partial charge in [-0.3, -0.25) is 9.10 Å². The first-order chi connectivity index (χ1) is 17.9. The predicted molar refractivity (Wildman–Crippen MR) is 147 cm³/mol. The van der Waals surface area contributed by atoms with Gasteiger partial charge in [-0.15, -0.1) is 0 Å². The van der Waals surface area contributed by atoms with Crippen LogP contribution in [0.25, 0.3) is 0 Å². The summed E-state index contributed by atoms with van der Waals surface area (Å²) in [6.07, 6.45) is 0.544. The van der Waals surface area contributed by atoms with E-state index >= 15 is 0 Å². The van der Waals surface area contributed by atoms with Crippen LogP contribution in [0.1, 0.15) is 43.0 Å². The van der Waals surface area contributed by atoms with E-state index in [9.17, 15) is 13.2 Å². The second-order valence-electron chi connectivity index (χ2n) is 10.1. The number of fused-ring (bicyclic) bond motifs is 1. The van der Waals surface area contributed by atoms with E-state index in [1.165, 1.54) is 32.4 Å². The number of sulfonamides is 1. The van der Waals surface area contributed by atoms with Gasteiger partial charge in [0.25, 0.3) is 10.0 Å². The number of nitrogens with zero attached hydrogens (tertiary/aromatic N) is 1. The van der Waals surface area contributed by atoms with Crippen molar-refractivity contribution in [2.75, 3.05) is 25.1 Å². The molecular weight excluding hydrogens is 504 g/mol. The maximum atomic E-state index is 13.9. The van der Waals surface area contributed by atoms with Crippen LogP contribution in [0, 0.1) is 13.8 Å². The lowest BCUT2D eigenvalue weighted by atomic mass is 9.89. The van der Waals surface area contributed by atoms with Gasteiger partial charge in [0, 0.05) is 18.1 Å². The Morgan fingerprint density at radius 3 is 2.29 bits per heavy atom. The number of ether oxygens (including phenoxy) is 3. The van der Waals surface area contributed by atoms with Crippen LogP contribution in [0.4, 0.5) is 5.69 Å². The summed E-state index contributed by atoms with van der Waals surface area (Å²) in [5, 5.41) is 3.06. The molecular formula is C29H34N2O6S. The lowest BCUT2D eigenvalue weighted by Crippen LogP contribution is -2.45. The Kier molecular flexibility index (Phi) is 7.60. The molecule has 0 radical (unpaired) electrons. The minimum Gasteiger partial charge on any atom is -0.493 e. The van der Waals surface area contributed by atoms with Gasteiger partial charge in [0.1, 0.15) is 17.9 Å². The number of carbonyl (C=O) groups is 1. The van der Waals surface area contributed by atoms with Crippen LogP contribution in [0.3, 0.4) is 0 Å². The van der Waals surface area contributed by atoms with Crippen molar-refractivity contribution in [3.05, 3.63) is 77.4 Å². The summed E-state index contributed by atoms with van der Waals surface area (Å²) in [6.45, 7) is 7.42. The Balaban J connectivity index is 1.68. The highest BCUT2D eigenvalue weighted by atomic mass is 32.2. The molecule has 0 saturated carbocycles. The highest BCUT2D eigenvalue weighted by Crippen LogP contribution is 2.40. The van der Waals surface area contributed by atoms with Gasteiger partial charge in [-0.2, -0.15) is 0 Å². The van der Waals surface area contributed by atoms with E-state index in [0.29, 0.717) is 23.6 Å². The van der Waals surface area contributed by atoms with Crippen molar-refractivity contribution in [2.45, 2.75) is 50.7 Å². The van der Waals surface area contributed by atoms with E-state index in [0.717, 1.165) is 21.0 Å². The Labute approximate surface area is 224 Å². The average Bonchev–Trinajstić information content (AvgIpc) is 2.87. The molecule has 8 nitrogen and oxygen atoms in total. The number of aryl methyl sites for hydroxylation is 2. The zero-order valence-electron chi connectivity index (χ0n) is 22.6. The van der Waals surface area contributed by atoms with Crippen LogP contribution < -0.4 is 23.8 Å². The molecule has 1 unspecified atom stereocenters.